The lowest BCUT2D eigenvalue weighted by atomic mass is 9.97. The van der Waals surface area contributed by atoms with Crippen molar-refractivity contribution in [1.82, 2.24) is 10.2 Å². The number of ether oxygens (including phenoxy) is 1. The molecule has 1 aromatic carbocycles. The predicted molar refractivity (Wildman–Crippen MR) is 125 cm³/mol. The third kappa shape index (κ3) is 7.42. The topological polar surface area (TPSA) is 73.9 Å². The van der Waals surface area contributed by atoms with E-state index in [-0.39, 0.29) is 12.0 Å². The summed E-state index contributed by atoms with van der Waals surface area (Å²) in [5.74, 6) is 0.453. The van der Waals surface area contributed by atoms with Crippen molar-refractivity contribution in [3.8, 4) is 0 Å². The second-order valence-electron chi connectivity index (χ2n) is 9.84. The van der Waals surface area contributed by atoms with Crippen molar-refractivity contribution in [2.75, 3.05) is 49.5 Å². The number of alkyl carbamates (subject to hydrolysis) is 1. The van der Waals surface area contributed by atoms with Crippen molar-refractivity contribution in [2.24, 2.45) is 5.92 Å². The van der Waals surface area contributed by atoms with E-state index in [0.717, 1.165) is 50.3 Å². The summed E-state index contributed by atoms with van der Waals surface area (Å²) >= 11 is 0. The number of hydrogen-bond donors (Lipinski definition) is 2. The van der Waals surface area contributed by atoms with Gasteiger partial charge in [-0.3, -0.25) is 9.69 Å². The van der Waals surface area contributed by atoms with E-state index in [1.165, 1.54) is 18.5 Å². The minimum Gasteiger partial charge on any atom is -0.444 e. The molecule has 2 aliphatic heterocycles. The fourth-order valence-corrected chi connectivity index (χ4v) is 4.24. The summed E-state index contributed by atoms with van der Waals surface area (Å²) in [4.78, 5) is 29.0. The Morgan fingerprint density at radius 1 is 1.10 bits per heavy atom. The van der Waals surface area contributed by atoms with Crippen LogP contribution in [0.3, 0.4) is 0 Å². The maximum absolute atomic E-state index is 12.6. The van der Waals surface area contributed by atoms with Gasteiger partial charge in [0.05, 0.1) is 6.54 Å². The molecule has 1 aromatic rings. The Hall–Kier alpha value is -2.28. The van der Waals surface area contributed by atoms with E-state index in [1.54, 1.807) is 0 Å². The fraction of sp³-hybridized carbons (Fsp3) is 0.667. The van der Waals surface area contributed by atoms with E-state index >= 15 is 0 Å². The first-order valence-electron chi connectivity index (χ1n) is 11.5. The Morgan fingerprint density at radius 2 is 1.77 bits per heavy atom. The number of likely N-dealkylation sites (tertiary alicyclic amines) is 1. The van der Waals surface area contributed by atoms with Crippen LogP contribution >= 0.6 is 0 Å². The van der Waals surface area contributed by atoms with Crippen molar-refractivity contribution in [1.29, 1.82) is 0 Å². The molecule has 31 heavy (non-hydrogen) atoms. The van der Waals surface area contributed by atoms with Gasteiger partial charge in [-0.15, -0.1) is 0 Å². The SMILES string of the molecule is Cc1cc(N2CCCC2)ccc1NC(=O)CN1CCC(CNC(=O)OC(C)(C)C)CC1. The Morgan fingerprint density at radius 3 is 2.39 bits per heavy atom. The van der Waals surface area contributed by atoms with Crippen LogP contribution in [0.5, 0.6) is 0 Å². The fourth-order valence-electron chi connectivity index (χ4n) is 4.24. The molecule has 0 spiro atoms. The Kier molecular flexibility index (Phi) is 7.81. The standard InChI is InChI=1S/C24H38N4O3/c1-18-15-20(28-11-5-6-12-28)7-8-21(18)26-22(29)17-27-13-9-19(10-14-27)16-25-23(30)31-24(2,3)4/h7-8,15,19H,5-6,9-14,16-17H2,1-4H3,(H,25,30)(H,26,29). The van der Waals surface area contributed by atoms with Gasteiger partial charge >= 0.3 is 6.09 Å². The van der Waals surface area contributed by atoms with E-state index in [2.05, 4.69) is 39.5 Å². The quantitative estimate of drug-likeness (QED) is 0.719. The number of nitrogens with one attached hydrogen (secondary N) is 2. The van der Waals surface area contributed by atoms with E-state index in [4.69, 9.17) is 4.74 Å². The molecule has 2 fully saturated rings. The lowest BCUT2D eigenvalue weighted by Crippen LogP contribution is -2.42. The molecule has 0 saturated carbocycles. The minimum atomic E-state index is -0.479. The average Bonchev–Trinajstić information content (AvgIpc) is 3.22. The Balaban J connectivity index is 1.38. The summed E-state index contributed by atoms with van der Waals surface area (Å²) < 4.78 is 5.29. The summed E-state index contributed by atoms with van der Waals surface area (Å²) in [6, 6.07) is 6.30. The Labute approximate surface area is 186 Å². The molecule has 3 rings (SSSR count). The van der Waals surface area contributed by atoms with Crippen molar-refractivity contribution in [2.45, 2.75) is 59.0 Å². The van der Waals surface area contributed by atoms with Crippen LogP contribution in [-0.2, 0) is 9.53 Å². The lowest BCUT2D eigenvalue weighted by Gasteiger charge is -2.31. The third-order valence-corrected chi connectivity index (χ3v) is 5.96. The monoisotopic (exact) mass is 430 g/mol. The lowest BCUT2D eigenvalue weighted by molar-refractivity contribution is -0.117. The first-order valence-corrected chi connectivity index (χ1v) is 11.5. The largest absolute Gasteiger partial charge is 0.444 e. The van der Waals surface area contributed by atoms with Crippen molar-refractivity contribution in [3.63, 3.8) is 0 Å². The number of anilines is 2. The molecule has 2 N–H and O–H groups in total. The molecule has 0 aliphatic carbocycles. The second kappa shape index (κ2) is 10.4. The number of nitrogens with zero attached hydrogens (tertiary/aromatic N) is 2. The van der Waals surface area contributed by atoms with Crippen LogP contribution in [0.2, 0.25) is 0 Å². The van der Waals surface area contributed by atoms with Crippen molar-refractivity contribution < 1.29 is 14.3 Å². The number of benzene rings is 1. The number of amides is 2. The summed E-state index contributed by atoms with van der Waals surface area (Å²) in [6.07, 6.45) is 4.08. The van der Waals surface area contributed by atoms with Gasteiger partial charge in [0.1, 0.15) is 5.60 Å². The van der Waals surface area contributed by atoms with Gasteiger partial charge in [0.25, 0.3) is 0 Å². The zero-order valence-corrected chi connectivity index (χ0v) is 19.5. The van der Waals surface area contributed by atoms with Crippen LogP contribution in [0, 0.1) is 12.8 Å². The minimum absolute atomic E-state index is 0.0300. The van der Waals surface area contributed by atoms with Gasteiger partial charge in [0.15, 0.2) is 0 Å². The average molecular weight is 431 g/mol. The maximum atomic E-state index is 12.6. The summed E-state index contributed by atoms with van der Waals surface area (Å²) in [7, 11) is 0. The Bertz CT molecular complexity index is 761. The van der Waals surface area contributed by atoms with Gasteiger partial charge < -0.3 is 20.3 Å². The van der Waals surface area contributed by atoms with Crippen LogP contribution in [-0.4, -0.2) is 61.8 Å². The molecule has 0 aromatic heterocycles. The number of aryl methyl sites for hydroxylation is 1. The molecule has 2 saturated heterocycles. The number of carbonyl (C=O) groups excluding carboxylic acids is 2. The molecule has 0 radical (unpaired) electrons. The molecule has 2 amide bonds. The maximum Gasteiger partial charge on any atom is 0.407 e. The van der Waals surface area contributed by atoms with Crippen LogP contribution < -0.4 is 15.5 Å². The van der Waals surface area contributed by atoms with Gasteiger partial charge in [-0.1, -0.05) is 0 Å². The smallest absolute Gasteiger partial charge is 0.407 e. The van der Waals surface area contributed by atoms with Gasteiger partial charge in [0, 0.05) is 31.0 Å². The molecule has 0 atom stereocenters. The zero-order valence-electron chi connectivity index (χ0n) is 19.5. The first kappa shape index (κ1) is 23.4. The molecular formula is C24H38N4O3. The number of carbonyl (C=O) groups is 2. The molecule has 172 valence electrons. The third-order valence-electron chi connectivity index (χ3n) is 5.96. The van der Waals surface area contributed by atoms with Gasteiger partial charge in [-0.2, -0.15) is 0 Å². The molecule has 7 heteroatoms. The van der Waals surface area contributed by atoms with E-state index in [0.29, 0.717) is 19.0 Å². The molecule has 7 nitrogen and oxygen atoms in total. The summed E-state index contributed by atoms with van der Waals surface area (Å²) in [6.45, 7) is 12.6. The highest BCUT2D eigenvalue weighted by Gasteiger charge is 2.23. The normalized spacial score (nSPS) is 18.1. The van der Waals surface area contributed by atoms with Crippen LogP contribution in [0.15, 0.2) is 18.2 Å². The van der Waals surface area contributed by atoms with Gasteiger partial charge in [-0.05, 0) is 96.1 Å². The number of hydrogen-bond acceptors (Lipinski definition) is 5. The van der Waals surface area contributed by atoms with Crippen LogP contribution in [0.4, 0.5) is 16.2 Å². The first-order chi connectivity index (χ1) is 14.7. The van der Waals surface area contributed by atoms with Crippen LogP contribution in [0.25, 0.3) is 0 Å². The molecule has 2 heterocycles. The van der Waals surface area contributed by atoms with Crippen LogP contribution in [0.1, 0.15) is 52.0 Å². The highest BCUT2D eigenvalue weighted by molar-refractivity contribution is 5.93. The number of piperidine rings is 1. The summed E-state index contributed by atoms with van der Waals surface area (Å²) in [5.41, 5.74) is 2.76. The molecular weight excluding hydrogens is 392 g/mol. The van der Waals surface area contributed by atoms with Crippen molar-refractivity contribution in [3.05, 3.63) is 23.8 Å². The van der Waals surface area contributed by atoms with Gasteiger partial charge in [-0.25, -0.2) is 4.79 Å². The highest BCUT2D eigenvalue weighted by Crippen LogP contribution is 2.25. The van der Waals surface area contributed by atoms with E-state index in [1.807, 2.05) is 26.8 Å². The zero-order chi connectivity index (χ0) is 22.4. The van der Waals surface area contributed by atoms with E-state index in [9.17, 15) is 9.59 Å². The van der Waals surface area contributed by atoms with E-state index < -0.39 is 5.60 Å². The van der Waals surface area contributed by atoms with Gasteiger partial charge in [0.2, 0.25) is 5.91 Å². The van der Waals surface area contributed by atoms with Crippen molar-refractivity contribution >= 4 is 23.4 Å². The molecule has 2 aliphatic rings. The number of rotatable bonds is 6. The second-order valence-corrected chi connectivity index (χ2v) is 9.84. The molecule has 0 unspecified atom stereocenters. The summed E-state index contributed by atoms with van der Waals surface area (Å²) in [5, 5.41) is 5.94. The molecule has 0 bridgehead atoms. The predicted octanol–water partition coefficient (Wildman–Crippen LogP) is 3.77. The highest BCUT2D eigenvalue weighted by atomic mass is 16.6.